The summed E-state index contributed by atoms with van der Waals surface area (Å²) in [5, 5.41) is 6.61. The van der Waals surface area contributed by atoms with E-state index in [4.69, 9.17) is 19.2 Å². The number of rotatable bonds is 7. The minimum atomic E-state index is -0.261. The number of hydrogen-bond donors (Lipinski definition) is 2. The molecule has 3 rings (SSSR count). The van der Waals surface area contributed by atoms with E-state index in [9.17, 15) is 4.39 Å². The van der Waals surface area contributed by atoms with E-state index in [1.54, 1.807) is 0 Å². The summed E-state index contributed by atoms with van der Waals surface area (Å²) in [6.45, 7) is 10.4. The van der Waals surface area contributed by atoms with Crippen molar-refractivity contribution in [2.24, 2.45) is 4.99 Å². The van der Waals surface area contributed by atoms with Crippen molar-refractivity contribution in [3.8, 4) is 5.75 Å². The number of ether oxygens (including phenoxy) is 3. The summed E-state index contributed by atoms with van der Waals surface area (Å²) in [6, 6.07) is 3.38. The third kappa shape index (κ3) is 7.23. The van der Waals surface area contributed by atoms with E-state index in [2.05, 4.69) is 22.5 Å². The third-order valence-electron chi connectivity index (χ3n) is 4.97. The normalized spacial score (nSPS) is 18.2. The average Bonchev–Trinajstić information content (AvgIpc) is 2.72. The Morgan fingerprint density at radius 2 is 2.03 bits per heavy atom. The minimum absolute atomic E-state index is 0. The van der Waals surface area contributed by atoms with Crippen LogP contribution in [0.2, 0.25) is 0 Å². The predicted octanol–water partition coefficient (Wildman–Crippen LogP) is 2.13. The fourth-order valence-corrected chi connectivity index (χ4v) is 3.46. The smallest absolute Gasteiger partial charge is 0.191 e. The predicted molar refractivity (Wildman–Crippen MR) is 122 cm³/mol. The first-order valence-corrected chi connectivity index (χ1v) is 10.0. The maximum Gasteiger partial charge on any atom is 0.191 e. The Hall–Kier alpha value is -1.17. The lowest BCUT2D eigenvalue weighted by atomic mass is 10.1. The summed E-state index contributed by atoms with van der Waals surface area (Å²) in [4.78, 5) is 7.11. The zero-order chi connectivity index (χ0) is 19.8. The summed E-state index contributed by atoms with van der Waals surface area (Å²) in [5.74, 6) is 1.26. The average molecular weight is 522 g/mol. The van der Waals surface area contributed by atoms with Crippen LogP contribution in [0.5, 0.6) is 5.75 Å². The number of halogens is 2. The van der Waals surface area contributed by atoms with E-state index in [0.717, 1.165) is 55.7 Å². The van der Waals surface area contributed by atoms with Crippen molar-refractivity contribution in [2.75, 3.05) is 52.7 Å². The molecule has 0 aromatic heterocycles. The molecule has 1 aromatic carbocycles. The molecule has 29 heavy (non-hydrogen) atoms. The standard InChI is InChI=1S/C20H31FN4O3.HI/c1-3-22-20(24-12-15(2)25-6-8-26-9-7-25)23-5-4-16-10-18(21)11-17-13-27-14-28-19(16)17;/h10-11,15H,3-9,12-14H2,1-2H3,(H2,22,23,24);1H. The van der Waals surface area contributed by atoms with Crippen LogP contribution in [0.15, 0.2) is 17.1 Å². The van der Waals surface area contributed by atoms with E-state index in [1.807, 2.05) is 6.92 Å². The molecule has 2 heterocycles. The lowest BCUT2D eigenvalue weighted by Gasteiger charge is -2.31. The molecule has 0 saturated carbocycles. The first kappa shape index (κ1) is 24.1. The number of nitrogens with zero attached hydrogens (tertiary/aromatic N) is 2. The van der Waals surface area contributed by atoms with E-state index in [-0.39, 0.29) is 36.6 Å². The van der Waals surface area contributed by atoms with E-state index >= 15 is 0 Å². The molecule has 1 atom stereocenters. The molecule has 2 N–H and O–H groups in total. The monoisotopic (exact) mass is 522 g/mol. The second-order valence-corrected chi connectivity index (χ2v) is 7.06. The van der Waals surface area contributed by atoms with Crippen LogP contribution in [0.25, 0.3) is 0 Å². The van der Waals surface area contributed by atoms with Crippen molar-refractivity contribution >= 4 is 29.9 Å². The molecule has 1 aromatic rings. The van der Waals surface area contributed by atoms with Crippen LogP contribution in [0.3, 0.4) is 0 Å². The van der Waals surface area contributed by atoms with Gasteiger partial charge in [0.05, 0.1) is 26.4 Å². The molecular formula is C20H32FIN4O3. The van der Waals surface area contributed by atoms with E-state index in [0.29, 0.717) is 32.2 Å². The Kier molecular flexibility index (Phi) is 10.4. The summed E-state index contributed by atoms with van der Waals surface area (Å²) >= 11 is 0. The van der Waals surface area contributed by atoms with Crippen LogP contribution in [-0.4, -0.2) is 69.6 Å². The maximum absolute atomic E-state index is 13.9. The summed E-state index contributed by atoms with van der Waals surface area (Å²) in [5.41, 5.74) is 1.62. The molecule has 0 bridgehead atoms. The van der Waals surface area contributed by atoms with Gasteiger partial charge in [-0.15, -0.1) is 24.0 Å². The van der Waals surface area contributed by atoms with Crippen LogP contribution >= 0.6 is 24.0 Å². The van der Waals surface area contributed by atoms with Crippen LogP contribution in [-0.2, 0) is 22.5 Å². The fraction of sp³-hybridized carbons (Fsp3) is 0.650. The molecule has 0 amide bonds. The number of hydrogen-bond acceptors (Lipinski definition) is 5. The Morgan fingerprint density at radius 3 is 2.79 bits per heavy atom. The Morgan fingerprint density at radius 1 is 1.24 bits per heavy atom. The number of guanidine groups is 1. The van der Waals surface area contributed by atoms with Gasteiger partial charge in [0, 0.05) is 37.8 Å². The fourth-order valence-electron chi connectivity index (χ4n) is 3.46. The van der Waals surface area contributed by atoms with Crippen LogP contribution in [0.4, 0.5) is 4.39 Å². The minimum Gasteiger partial charge on any atom is -0.467 e. The van der Waals surface area contributed by atoms with Crippen molar-refractivity contribution in [3.05, 3.63) is 29.1 Å². The topological polar surface area (TPSA) is 67.4 Å². The Bertz CT molecular complexity index is 671. The highest BCUT2D eigenvalue weighted by molar-refractivity contribution is 14.0. The Balaban J connectivity index is 0.00000300. The zero-order valence-electron chi connectivity index (χ0n) is 17.2. The van der Waals surface area contributed by atoms with Crippen LogP contribution < -0.4 is 15.4 Å². The SMILES string of the molecule is CCNC(=NCC(C)N1CCOCC1)NCCc1cc(F)cc2c1OCOC2.I. The van der Waals surface area contributed by atoms with Crippen molar-refractivity contribution < 1.29 is 18.6 Å². The highest BCUT2D eigenvalue weighted by Gasteiger charge is 2.18. The first-order chi connectivity index (χ1) is 13.7. The first-order valence-electron chi connectivity index (χ1n) is 10.0. The molecule has 0 radical (unpaired) electrons. The van der Waals surface area contributed by atoms with Gasteiger partial charge in [0.2, 0.25) is 0 Å². The van der Waals surface area contributed by atoms with Gasteiger partial charge in [0.1, 0.15) is 11.6 Å². The van der Waals surface area contributed by atoms with Gasteiger partial charge in [-0.2, -0.15) is 0 Å². The van der Waals surface area contributed by atoms with Gasteiger partial charge in [-0.25, -0.2) is 4.39 Å². The number of morpholine rings is 1. The van der Waals surface area contributed by atoms with Crippen molar-refractivity contribution in [2.45, 2.75) is 32.9 Å². The van der Waals surface area contributed by atoms with Gasteiger partial charge in [0.15, 0.2) is 12.8 Å². The summed E-state index contributed by atoms with van der Waals surface area (Å²) < 4.78 is 30.1. The summed E-state index contributed by atoms with van der Waals surface area (Å²) in [7, 11) is 0. The lowest BCUT2D eigenvalue weighted by Crippen LogP contribution is -2.44. The van der Waals surface area contributed by atoms with Crippen molar-refractivity contribution in [1.29, 1.82) is 0 Å². The van der Waals surface area contributed by atoms with Gasteiger partial charge in [-0.1, -0.05) is 0 Å². The molecule has 0 spiro atoms. The number of aliphatic imine (C=N–C) groups is 1. The van der Waals surface area contributed by atoms with Gasteiger partial charge in [0.25, 0.3) is 0 Å². The molecule has 9 heteroatoms. The van der Waals surface area contributed by atoms with Crippen LogP contribution in [0, 0.1) is 5.82 Å². The lowest BCUT2D eigenvalue weighted by molar-refractivity contribution is -0.0172. The van der Waals surface area contributed by atoms with Gasteiger partial charge in [-0.05, 0) is 38.0 Å². The highest BCUT2D eigenvalue weighted by Crippen LogP contribution is 2.29. The molecule has 2 aliphatic heterocycles. The highest BCUT2D eigenvalue weighted by atomic mass is 127. The number of nitrogens with one attached hydrogen (secondary N) is 2. The zero-order valence-corrected chi connectivity index (χ0v) is 19.5. The van der Waals surface area contributed by atoms with E-state index < -0.39 is 0 Å². The molecule has 2 aliphatic rings. The molecule has 7 nitrogen and oxygen atoms in total. The second kappa shape index (κ2) is 12.5. The molecule has 1 fully saturated rings. The van der Waals surface area contributed by atoms with E-state index in [1.165, 1.54) is 12.1 Å². The molecule has 164 valence electrons. The summed E-state index contributed by atoms with van der Waals surface area (Å²) in [6.07, 6.45) is 0.642. The van der Waals surface area contributed by atoms with Crippen LogP contribution in [0.1, 0.15) is 25.0 Å². The van der Waals surface area contributed by atoms with Crippen molar-refractivity contribution in [1.82, 2.24) is 15.5 Å². The molecule has 0 aliphatic carbocycles. The quantitative estimate of drug-likeness (QED) is 0.325. The van der Waals surface area contributed by atoms with Crippen molar-refractivity contribution in [3.63, 3.8) is 0 Å². The molecule has 1 saturated heterocycles. The largest absolute Gasteiger partial charge is 0.467 e. The molecule has 1 unspecified atom stereocenters. The van der Waals surface area contributed by atoms with Gasteiger partial charge >= 0.3 is 0 Å². The third-order valence-corrected chi connectivity index (χ3v) is 4.97. The maximum atomic E-state index is 13.9. The molecular weight excluding hydrogens is 490 g/mol. The number of fused-ring (bicyclic) bond motifs is 1. The Labute approximate surface area is 189 Å². The number of benzene rings is 1. The second-order valence-electron chi connectivity index (χ2n) is 7.06. The van der Waals surface area contributed by atoms with Gasteiger partial charge in [-0.3, -0.25) is 9.89 Å². The van der Waals surface area contributed by atoms with Gasteiger partial charge < -0.3 is 24.8 Å².